The van der Waals surface area contributed by atoms with Crippen LogP contribution in [0.4, 0.5) is 5.82 Å². The maximum atomic E-state index is 12.3. The summed E-state index contributed by atoms with van der Waals surface area (Å²) >= 11 is 7.56. The lowest BCUT2D eigenvalue weighted by Gasteiger charge is -2.16. The molecule has 0 fully saturated rings. The lowest BCUT2D eigenvalue weighted by molar-refractivity contribution is -0.117. The summed E-state index contributed by atoms with van der Waals surface area (Å²) in [5.74, 6) is 0.641. The first-order valence-corrected chi connectivity index (χ1v) is 9.13. The number of benzene rings is 1. The zero-order valence-corrected chi connectivity index (χ0v) is 15.4. The van der Waals surface area contributed by atoms with E-state index in [9.17, 15) is 4.79 Å². The van der Waals surface area contributed by atoms with Crippen molar-refractivity contribution in [3.8, 4) is 0 Å². The van der Waals surface area contributed by atoms with Crippen molar-refractivity contribution in [3.63, 3.8) is 0 Å². The molecular formula is C18H19ClN4OS. The number of likely N-dealkylation sites (N-methyl/N-ethyl adjacent to an activating group) is 1. The van der Waals surface area contributed by atoms with E-state index in [4.69, 9.17) is 11.6 Å². The molecule has 2 heterocycles. The van der Waals surface area contributed by atoms with Crippen molar-refractivity contribution in [1.29, 1.82) is 0 Å². The van der Waals surface area contributed by atoms with Crippen molar-refractivity contribution < 1.29 is 4.79 Å². The summed E-state index contributed by atoms with van der Waals surface area (Å²) in [4.78, 5) is 15.5. The number of hydrogen-bond donors (Lipinski definition) is 1. The summed E-state index contributed by atoms with van der Waals surface area (Å²) in [5.41, 5.74) is 1.11. The molecule has 1 amide bonds. The fourth-order valence-corrected chi connectivity index (χ4v) is 3.31. The normalized spacial score (nSPS) is 11.0. The Bertz CT molecular complexity index is 814. The van der Waals surface area contributed by atoms with Gasteiger partial charge in [0.05, 0.1) is 19.3 Å². The number of nitrogens with zero attached hydrogens (tertiary/aromatic N) is 3. The third kappa shape index (κ3) is 5.16. The van der Waals surface area contributed by atoms with Crippen LogP contribution in [0.3, 0.4) is 0 Å². The van der Waals surface area contributed by atoms with Gasteiger partial charge in [-0.05, 0) is 36.2 Å². The molecule has 5 nitrogen and oxygen atoms in total. The molecule has 0 aliphatic rings. The Hall–Kier alpha value is -2.15. The van der Waals surface area contributed by atoms with Gasteiger partial charge in [0.15, 0.2) is 0 Å². The molecule has 0 saturated heterocycles. The van der Waals surface area contributed by atoms with Crippen LogP contribution in [0.2, 0.25) is 5.02 Å². The van der Waals surface area contributed by atoms with Gasteiger partial charge in [0.1, 0.15) is 5.82 Å². The second-order valence-corrected chi connectivity index (χ2v) is 7.27. The van der Waals surface area contributed by atoms with Crippen molar-refractivity contribution >= 4 is 34.7 Å². The molecule has 130 valence electrons. The van der Waals surface area contributed by atoms with Crippen LogP contribution in [0, 0.1) is 0 Å². The second-order valence-electron chi connectivity index (χ2n) is 5.80. The Labute approximate surface area is 155 Å². The van der Waals surface area contributed by atoms with E-state index in [1.165, 1.54) is 4.88 Å². The van der Waals surface area contributed by atoms with Crippen LogP contribution in [0.25, 0.3) is 0 Å². The molecule has 0 unspecified atom stereocenters. The first-order chi connectivity index (χ1) is 12.1. The van der Waals surface area contributed by atoms with E-state index in [0.717, 1.165) is 5.56 Å². The topological polar surface area (TPSA) is 50.2 Å². The van der Waals surface area contributed by atoms with Gasteiger partial charge in [-0.1, -0.05) is 29.8 Å². The molecule has 3 aromatic rings. The predicted molar refractivity (Wildman–Crippen MR) is 102 cm³/mol. The summed E-state index contributed by atoms with van der Waals surface area (Å²) in [5, 5.41) is 9.96. The Balaban J connectivity index is 1.54. The van der Waals surface area contributed by atoms with Crippen molar-refractivity contribution in [3.05, 3.63) is 69.5 Å². The van der Waals surface area contributed by atoms with Gasteiger partial charge in [0, 0.05) is 22.5 Å². The molecule has 25 heavy (non-hydrogen) atoms. The maximum Gasteiger partial charge on any atom is 0.239 e. The Morgan fingerprint density at radius 1 is 1.28 bits per heavy atom. The molecular weight excluding hydrogens is 356 g/mol. The van der Waals surface area contributed by atoms with Gasteiger partial charge in [0.25, 0.3) is 0 Å². The van der Waals surface area contributed by atoms with Gasteiger partial charge in [-0.3, -0.25) is 9.69 Å². The van der Waals surface area contributed by atoms with Gasteiger partial charge in [0.2, 0.25) is 5.91 Å². The molecule has 0 aliphatic heterocycles. The average molecular weight is 375 g/mol. The summed E-state index contributed by atoms with van der Waals surface area (Å²) < 4.78 is 1.79. The Morgan fingerprint density at radius 3 is 2.80 bits per heavy atom. The highest BCUT2D eigenvalue weighted by molar-refractivity contribution is 7.09. The Kier molecular flexibility index (Phi) is 5.86. The molecule has 0 atom stereocenters. The number of thiophene rings is 1. The van der Waals surface area contributed by atoms with Gasteiger partial charge in [-0.15, -0.1) is 11.3 Å². The van der Waals surface area contributed by atoms with Gasteiger partial charge < -0.3 is 5.32 Å². The first kappa shape index (κ1) is 17.7. The molecule has 3 rings (SSSR count). The van der Waals surface area contributed by atoms with Crippen LogP contribution in [0.15, 0.2) is 54.0 Å². The molecule has 0 saturated carbocycles. The summed E-state index contributed by atoms with van der Waals surface area (Å²) in [6.07, 6.45) is 1.70. The quantitative estimate of drug-likeness (QED) is 0.685. The molecule has 7 heteroatoms. The van der Waals surface area contributed by atoms with Gasteiger partial charge in [-0.25, -0.2) is 4.68 Å². The predicted octanol–water partition coefficient (Wildman–Crippen LogP) is 3.72. The fourth-order valence-electron chi connectivity index (χ4n) is 2.50. The van der Waals surface area contributed by atoms with Crippen LogP contribution in [0.1, 0.15) is 10.4 Å². The number of hydrogen-bond acceptors (Lipinski definition) is 4. The molecule has 2 aromatic heterocycles. The van der Waals surface area contributed by atoms with Crippen molar-refractivity contribution in [2.75, 3.05) is 18.9 Å². The molecule has 0 radical (unpaired) electrons. The van der Waals surface area contributed by atoms with E-state index in [2.05, 4.69) is 16.5 Å². The van der Waals surface area contributed by atoms with Crippen LogP contribution >= 0.6 is 22.9 Å². The van der Waals surface area contributed by atoms with E-state index in [1.54, 1.807) is 22.2 Å². The average Bonchev–Trinajstić information content (AvgIpc) is 3.22. The maximum absolute atomic E-state index is 12.3. The highest BCUT2D eigenvalue weighted by atomic mass is 35.5. The second kappa shape index (κ2) is 8.29. The number of nitrogens with one attached hydrogen (secondary N) is 1. The lowest BCUT2D eigenvalue weighted by Crippen LogP contribution is -2.30. The highest BCUT2D eigenvalue weighted by Crippen LogP contribution is 2.14. The zero-order chi connectivity index (χ0) is 17.6. The van der Waals surface area contributed by atoms with Crippen molar-refractivity contribution in [1.82, 2.24) is 14.7 Å². The fraction of sp³-hybridized carbons (Fsp3) is 0.222. The summed E-state index contributed by atoms with van der Waals surface area (Å²) in [6.45, 7) is 1.63. The smallest absolute Gasteiger partial charge is 0.239 e. The number of halogens is 1. The number of carbonyl (C=O) groups excluding carboxylic acids is 1. The van der Waals surface area contributed by atoms with Gasteiger partial charge in [-0.2, -0.15) is 5.10 Å². The van der Waals surface area contributed by atoms with E-state index < -0.39 is 0 Å². The van der Waals surface area contributed by atoms with Gasteiger partial charge >= 0.3 is 0 Å². The minimum Gasteiger partial charge on any atom is -0.310 e. The number of aromatic nitrogens is 2. The Morgan fingerprint density at radius 2 is 2.08 bits per heavy atom. The molecule has 1 N–H and O–H groups in total. The number of rotatable bonds is 7. The van der Waals surface area contributed by atoms with E-state index >= 15 is 0 Å². The van der Waals surface area contributed by atoms with E-state index in [0.29, 0.717) is 30.5 Å². The summed E-state index contributed by atoms with van der Waals surface area (Å²) in [6, 6.07) is 13.5. The minimum atomic E-state index is -0.0654. The number of carbonyl (C=O) groups is 1. The third-order valence-electron chi connectivity index (χ3n) is 3.65. The van der Waals surface area contributed by atoms with E-state index in [-0.39, 0.29) is 5.91 Å². The van der Waals surface area contributed by atoms with Crippen LogP contribution < -0.4 is 5.32 Å². The van der Waals surface area contributed by atoms with Crippen LogP contribution in [-0.4, -0.2) is 34.2 Å². The van der Waals surface area contributed by atoms with Crippen LogP contribution in [-0.2, 0) is 17.9 Å². The lowest BCUT2D eigenvalue weighted by atomic mass is 10.2. The zero-order valence-electron chi connectivity index (χ0n) is 13.9. The monoisotopic (exact) mass is 374 g/mol. The minimum absolute atomic E-state index is 0.0654. The molecule has 0 aliphatic carbocycles. The standard InChI is InChI=1S/C18H19ClN4OS/c1-22(11-14-4-6-15(19)7-5-14)13-18(24)21-17-8-9-20-23(17)12-16-3-2-10-25-16/h2-10H,11-13H2,1H3,(H,21,24). The molecule has 0 spiro atoms. The third-order valence-corrected chi connectivity index (χ3v) is 4.76. The largest absolute Gasteiger partial charge is 0.310 e. The molecule has 0 bridgehead atoms. The van der Waals surface area contributed by atoms with Crippen LogP contribution in [0.5, 0.6) is 0 Å². The van der Waals surface area contributed by atoms with Crippen molar-refractivity contribution in [2.24, 2.45) is 0 Å². The first-order valence-electron chi connectivity index (χ1n) is 7.87. The van der Waals surface area contributed by atoms with Crippen molar-refractivity contribution in [2.45, 2.75) is 13.1 Å². The number of anilines is 1. The number of amides is 1. The SMILES string of the molecule is CN(CC(=O)Nc1ccnn1Cc1cccs1)Cc1ccc(Cl)cc1. The highest BCUT2D eigenvalue weighted by Gasteiger charge is 2.11. The van der Waals surface area contributed by atoms with E-state index in [1.807, 2.05) is 53.7 Å². The molecule has 1 aromatic carbocycles. The summed E-state index contributed by atoms with van der Waals surface area (Å²) in [7, 11) is 1.91.